The Bertz CT molecular complexity index is 936. The molecule has 0 radical (unpaired) electrons. The molecule has 1 N–H and O–H groups in total. The van der Waals surface area contributed by atoms with Crippen LogP contribution >= 0.6 is 31.9 Å². The Balaban J connectivity index is 0. The smallest absolute Gasteiger partial charge is 0.0886 e. The van der Waals surface area contributed by atoms with E-state index in [2.05, 4.69) is 41.8 Å². The average molecular weight is 774 g/mol. The van der Waals surface area contributed by atoms with Gasteiger partial charge in [0.2, 0.25) is 0 Å². The predicted octanol–water partition coefficient (Wildman–Crippen LogP) is 4.23. The van der Waals surface area contributed by atoms with Gasteiger partial charge < -0.3 is 26.3 Å². The zero-order chi connectivity index (χ0) is 20.5. The van der Waals surface area contributed by atoms with Crippen LogP contribution in [0.2, 0.25) is 0 Å². The summed E-state index contributed by atoms with van der Waals surface area (Å²) in [7, 11) is 1.00. The molecule has 0 heterocycles. The molecule has 0 bridgehead atoms. The molecule has 0 aliphatic carbocycles. The van der Waals surface area contributed by atoms with Crippen LogP contribution in [0.15, 0.2) is 79.6 Å². The molecule has 7 nitrogen and oxygen atoms in total. The van der Waals surface area contributed by atoms with Crippen molar-refractivity contribution in [2.24, 2.45) is 9.98 Å². The second kappa shape index (κ2) is 16.2. The van der Waals surface area contributed by atoms with Crippen LogP contribution in [0.1, 0.15) is 11.1 Å². The predicted molar refractivity (Wildman–Crippen MR) is 118 cm³/mol. The zero-order valence-electron chi connectivity index (χ0n) is 16.2. The van der Waals surface area contributed by atoms with E-state index < -0.39 is 0 Å². The van der Waals surface area contributed by atoms with Gasteiger partial charge in [0, 0.05) is 59.6 Å². The number of nitrogens with zero attached hydrogens (tertiary/aromatic N) is 2. The average Bonchev–Trinajstić information content (AvgIpc) is 2.71. The van der Waals surface area contributed by atoms with Gasteiger partial charge in [0.15, 0.2) is 0 Å². The van der Waals surface area contributed by atoms with Crippen LogP contribution in [0.4, 0.5) is 11.4 Å². The van der Waals surface area contributed by atoms with E-state index in [1.807, 2.05) is 12.1 Å². The molecule has 0 aliphatic rings. The largest absolute Gasteiger partial charge is 2.00 e. The molecular formula is C21H16Br2N2O5U-6. The third-order valence-corrected chi connectivity index (χ3v) is 4.50. The summed E-state index contributed by atoms with van der Waals surface area (Å²) in [6.45, 7) is 0. The molecule has 3 aromatic carbocycles. The van der Waals surface area contributed by atoms with Crippen LogP contribution in [-0.2, 0) is 11.0 Å². The Morgan fingerprint density at radius 2 is 1.06 bits per heavy atom. The molecule has 0 aromatic heterocycles. The van der Waals surface area contributed by atoms with Crippen LogP contribution in [-0.4, -0.2) is 24.6 Å². The number of hydrogen-bond donors (Lipinski definition) is 1. The minimum Gasteiger partial charge on any atom is -2.00 e. The summed E-state index contributed by atoms with van der Waals surface area (Å²) in [6.07, 6.45) is 3.03. The Labute approximate surface area is 220 Å². The van der Waals surface area contributed by atoms with Gasteiger partial charge in [-0.05, 0) is 47.5 Å². The Morgan fingerprint density at radius 3 is 1.42 bits per heavy atom. The van der Waals surface area contributed by atoms with Gasteiger partial charge in [-0.3, -0.25) is 9.98 Å². The minimum atomic E-state index is -0.108. The molecule has 0 atom stereocenters. The molecule has 164 valence electrons. The Kier molecular flexibility index (Phi) is 16.5. The van der Waals surface area contributed by atoms with E-state index in [1.54, 1.807) is 36.4 Å². The third kappa shape index (κ3) is 9.66. The normalized spacial score (nSPS) is 9.81. The van der Waals surface area contributed by atoms with Gasteiger partial charge in [-0.15, -0.1) is 0 Å². The maximum absolute atomic E-state index is 11.9. The van der Waals surface area contributed by atoms with Crippen molar-refractivity contribution in [3.63, 3.8) is 0 Å². The fourth-order valence-electron chi connectivity index (χ4n) is 2.20. The van der Waals surface area contributed by atoms with Gasteiger partial charge in [-0.2, -0.15) is 0 Å². The first-order chi connectivity index (χ1) is 13.5. The fourth-order valence-corrected chi connectivity index (χ4v) is 2.96. The van der Waals surface area contributed by atoms with Crippen molar-refractivity contribution in [1.29, 1.82) is 0 Å². The van der Waals surface area contributed by atoms with Crippen LogP contribution in [0.5, 0.6) is 11.5 Å². The van der Waals surface area contributed by atoms with E-state index in [1.165, 1.54) is 24.6 Å². The molecule has 3 aromatic rings. The van der Waals surface area contributed by atoms with Gasteiger partial charge >= 0.3 is 0 Å². The van der Waals surface area contributed by atoms with Crippen LogP contribution in [0, 0.1) is 31.1 Å². The van der Waals surface area contributed by atoms with E-state index >= 15 is 0 Å². The molecule has 0 amide bonds. The molecular weight excluding hydrogens is 758 g/mol. The quantitative estimate of drug-likeness (QED) is 0.396. The molecule has 10 heteroatoms. The van der Waals surface area contributed by atoms with Crippen LogP contribution in [0.25, 0.3) is 0 Å². The number of aliphatic hydroxyl groups excluding tert-OH is 1. The molecule has 31 heavy (non-hydrogen) atoms. The van der Waals surface area contributed by atoms with E-state index in [9.17, 15) is 10.2 Å². The number of benzene rings is 3. The first-order valence-electron chi connectivity index (χ1n) is 8.08. The number of aliphatic hydroxyl groups is 1. The van der Waals surface area contributed by atoms with Crippen molar-refractivity contribution >= 4 is 55.7 Å². The van der Waals surface area contributed by atoms with E-state index in [0.717, 1.165) is 16.1 Å². The monoisotopic (exact) mass is 772 g/mol. The molecule has 0 unspecified atom stereocenters. The van der Waals surface area contributed by atoms with E-state index in [0.29, 0.717) is 22.5 Å². The molecule has 0 saturated carbocycles. The standard InChI is InChI=1S/C20H14Br2N2O2.CH4O.2O.U/c21-15-5-7-19(25)13(9-15)11-23-17-3-1-2-4-18(17)24-12-14-10-16(22)6-8-20(14)26;1-2;;;/h1-12,25-26H;2H,1H3;;;/q;;2*-2;/p-2. The Hall–Kier alpha value is -1.51. The van der Waals surface area contributed by atoms with Crippen molar-refractivity contribution in [1.82, 2.24) is 0 Å². The van der Waals surface area contributed by atoms with Gasteiger partial charge in [0.1, 0.15) is 0 Å². The van der Waals surface area contributed by atoms with Crippen molar-refractivity contribution in [2.45, 2.75) is 0 Å². The van der Waals surface area contributed by atoms with Gasteiger partial charge in [-0.1, -0.05) is 67.6 Å². The van der Waals surface area contributed by atoms with Gasteiger partial charge in [0.05, 0.1) is 11.4 Å². The second-order valence-electron chi connectivity index (χ2n) is 5.37. The second-order valence-corrected chi connectivity index (χ2v) is 7.20. The summed E-state index contributed by atoms with van der Waals surface area (Å²) in [5, 5.41) is 30.8. The molecule has 0 saturated heterocycles. The first kappa shape index (κ1) is 31.7. The summed E-state index contributed by atoms with van der Waals surface area (Å²) >= 11 is 6.69. The summed E-state index contributed by atoms with van der Waals surface area (Å²) in [5.74, 6) is -0.217. The van der Waals surface area contributed by atoms with Crippen molar-refractivity contribution < 1.29 is 57.4 Å². The van der Waals surface area contributed by atoms with Crippen molar-refractivity contribution in [3.05, 3.63) is 80.7 Å². The third-order valence-electron chi connectivity index (χ3n) is 3.51. The maximum atomic E-state index is 11.9. The van der Waals surface area contributed by atoms with E-state index in [-0.39, 0.29) is 53.6 Å². The summed E-state index contributed by atoms with van der Waals surface area (Å²) in [5.41, 5.74) is 2.16. The number of halogens is 2. The zero-order valence-corrected chi connectivity index (χ0v) is 23.5. The summed E-state index contributed by atoms with van der Waals surface area (Å²) in [4.78, 5) is 8.77. The van der Waals surface area contributed by atoms with Crippen molar-refractivity contribution in [3.8, 4) is 11.5 Å². The van der Waals surface area contributed by atoms with Crippen LogP contribution < -0.4 is 10.2 Å². The number of para-hydroxylation sites is 2. The number of rotatable bonds is 4. The Morgan fingerprint density at radius 1 is 0.710 bits per heavy atom. The number of hydrogen-bond acceptors (Lipinski definition) is 5. The maximum Gasteiger partial charge on any atom is 0.0886 e. The topological polar surface area (TPSA) is 148 Å². The first-order valence-corrected chi connectivity index (χ1v) is 9.66. The minimum absolute atomic E-state index is 0. The van der Waals surface area contributed by atoms with E-state index in [4.69, 9.17) is 5.11 Å². The van der Waals surface area contributed by atoms with Gasteiger partial charge in [-0.25, -0.2) is 0 Å². The summed E-state index contributed by atoms with van der Waals surface area (Å²) in [6, 6.07) is 17.0. The molecule has 0 aliphatic heterocycles. The SMILES string of the molecule is CO.[O-2].[O-2].[O-]c1ccc(Br)cc1C=Nc1ccccc1N=Cc1cc(Br)ccc1[O-].[U]. The molecule has 0 spiro atoms. The van der Waals surface area contributed by atoms with Gasteiger partial charge in [0.25, 0.3) is 0 Å². The van der Waals surface area contributed by atoms with Crippen LogP contribution in [0.3, 0.4) is 0 Å². The molecule has 3 rings (SSSR count). The van der Waals surface area contributed by atoms with Crippen molar-refractivity contribution in [2.75, 3.05) is 7.11 Å². The number of aliphatic imine (C=N–C) groups is 2. The summed E-state index contributed by atoms with van der Waals surface area (Å²) < 4.78 is 1.62. The molecule has 0 fully saturated rings. The fraction of sp³-hybridized carbons (Fsp3) is 0.0476.